The predicted molar refractivity (Wildman–Crippen MR) is 51.7 cm³/mol. The smallest absolute Gasteiger partial charge is 0.326 e. The highest BCUT2D eigenvalue weighted by molar-refractivity contribution is 8.01. The van der Waals surface area contributed by atoms with Crippen molar-refractivity contribution >= 4 is 23.5 Å². The third-order valence-corrected chi connectivity index (χ3v) is 3.11. The summed E-state index contributed by atoms with van der Waals surface area (Å²) in [6.07, 6.45) is 2.38. The number of carbonyl (C=O) groups excluding carboxylic acids is 2. The topological polar surface area (TPSA) is 43.4 Å². The molecule has 0 spiro atoms. The average molecular weight is 202 g/mol. The number of thioether (sulfide) groups is 1. The molecule has 0 N–H and O–H groups in total. The normalized spacial score (nSPS) is 21.9. The molecule has 0 aliphatic carbocycles. The van der Waals surface area contributed by atoms with Crippen molar-refractivity contribution in [3.05, 3.63) is 0 Å². The van der Waals surface area contributed by atoms with Gasteiger partial charge in [0, 0.05) is 12.2 Å². The van der Waals surface area contributed by atoms with Gasteiger partial charge in [-0.15, -0.1) is 11.8 Å². The Morgan fingerprint density at radius 3 is 3.00 bits per heavy atom. The predicted octanol–water partition coefficient (Wildman–Crippen LogP) is 1.40. The molecule has 1 aliphatic heterocycles. The molecule has 0 amide bonds. The second-order valence-corrected chi connectivity index (χ2v) is 4.20. The van der Waals surface area contributed by atoms with Crippen LogP contribution in [-0.2, 0) is 14.3 Å². The van der Waals surface area contributed by atoms with E-state index in [2.05, 4.69) is 0 Å². The number of ether oxygens (including phenoxy) is 1. The van der Waals surface area contributed by atoms with Crippen LogP contribution in [0.2, 0.25) is 0 Å². The van der Waals surface area contributed by atoms with Crippen molar-refractivity contribution in [3.8, 4) is 0 Å². The van der Waals surface area contributed by atoms with Gasteiger partial charge in [0.1, 0.15) is 0 Å². The lowest BCUT2D eigenvalue weighted by atomic mass is 10.2. The first-order valence-electron chi connectivity index (χ1n) is 4.56. The molecule has 4 heteroatoms. The maximum atomic E-state index is 11.3. The van der Waals surface area contributed by atoms with Gasteiger partial charge >= 0.3 is 5.97 Å². The van der Waals surface area contributed by atoms with Crippen molar-refractivity contribution in [2.45, 2.75) is 31.4 Å². The van der Waals surface area contributed by atoms with Crippen LogP contribution in [0.25, 0.3) is 0 Å². The number of carbonyl (C=O) groups is 2. The summed E-state index contributed by atoms with van der Waals surface area (Å²) in [6, 6.07) is 0. The van der Waals surface area contributed by atoms with Crippen LogP contribution in [-0.4, -0.2) is 29.4 Å². The van der Waals surface area contributed by atoms with E-state index < -0.39 is 5.25 Å². The molecule has 1 aliphatic rings. The molecule has 0 saturated carbocycles. The van der Waals surface area contributed by atoms with Crippen molar-refractivity contribution < 1.29 is 14.3 Å². The van der Waals surface area contributed by atoms with Crippen LogP contribution in [0.1, 0.15) is 26.2 Å². The number of unbranched alkanes of at least 4 members (excludes halogenated alkanes) is 1. The lowest BCUT2D eigenvalue weighted by Gasteiger charge is -2.07. The SMILES string of the molecule is CCCCOC(=O)C1SCCC1=O. The first-order chi connectivity index (χ1) is 6.25. The molecule has 0 aromatic rings. The van der Waals surface area contributed by atoms with Gasteiger partial charge in [0.25, 0.3) is 0 Å². The van der Waals surface area contributed by atoms with E-state index in [4.69, 9.17) is 4.74 Å². The van der Waals surface area contributed by atoms with Crippen molar-refractivity contribution in [3.63, 3.8) is 0 Å². The second kappa shape index (κ2) is 5.27. The van der Waals surface area contributed by atoms with Gasteiger partial charge in [0.05, 0.1) is 6.61 Å². The molecule has 0 bridgehead atoms. The van der Waals surface area contributed by atoms with Crippen LogP contribution in [0.4, 0.5) is 0 Å². The van der Waals surface area contributed by atoms with E-state index in [1.807, 2.05) is 6.92 Å². The van der Waals surface area contributed by atoms with Gasteiger partial charge < -0.3 is 4.74 Å². The van der Waals surface area contributed by atoms with Gasteiger partial charge in [0.15, 0.2) is 11.0 Å². The number of Topliss-reactive ketones (excluding diaryl/α,β-unsaturated/α-hetero) is 1. The molecule has 1 saturated heterocycles. The van der Waals surface area contributed by atoms with E-state index in [-0.39, 0.29) is 11.8 Å². The molecule has 1 rings (SSSR count). The number of hydrogen-bond acceptors (Lipinski definition) is 4. The van der Waals surface area contributed by atoms with Crippen LogP contribution in [0.3, 0.4) is 0 Å². The molecule has 0 aromatic heterocycles. The van der Waals surface area contributed by atoms with Gasteiger partial charge in [-0.1, -0.05) is 13.3 Å². The van der Waals surface area contributed by atoms with Crippen LogP contribution in [0.5, 0.6) is 0 Å². The molecule has 3 nitrogen and oxygen atoms in total. The van der Waals surface area contributed by atoms with Crippen molar-refractivity contribution in [1.29, 1.82) is 0 Å². The fraction of sp³-hybridized carbons (Fsp3) is 0.778. The van der Waals surface area contributed by atoms with Crippen molar-refractivity contribution in [1.82, 2.24) is 0 Å². The first-order valence-corrected chi connectivity index (χ1v) is 5.61. The van der Waals surface area contributed by atoms with Crippen molar-refractivity contribution in [2.24, 2.45) is 0 Å². The molecular formula is C9H14O3S. The van der Waals surface area contributed by atoms with Gasteiger partial charge in [-0.25, -0.2) is 0 Å². The second-order valence-electron chi connectivity index (χ2n) is 2.99. The van der Waals surface area contributed by atoms with Gasteiger partial charge in [0.2, 0.25) is 0 Å². The zero-order valence-corrected chi connectivity index (χ0v) is 8.56. The highest BCUT2D eigenvalue weighted by Gasteiger charge is 2.32. The van der Waals surface area contributed by atoms with E-state index in [1.54, 1.807) is 0 Å². The summed E-state index contributed by atoms with van der Waals surface area (Å²) in [6.45, 7) is 2.48. The number of esters is 1. The van der Waals surface area contributed by atoms with Gasteiger partial charge in [-0.2, -0.15) is 0 Å². The van der Waals surface area contributed by atoms with Crippen LogP contribution < -0.4 is 0 Å². The fourth-order valence-electron chi connectivity index (χ4n) is 1.09. The van der Waals surface area contributed by atoms with Gasteiger partial charge in [-0.05, 0) is 6.42 Å². The van der Waals surface area contributed by atoms with Crippen LogP contribution in [0.15, 0.2) is 0 Å². The molecule has 74 valence electrons. The summed E-state index contributed by atoms with van der Waals surface area (Å²) in [5.41, 5.74) is 0. The Bertz CT molecular complexity index is 203. The zero-order chi connectivity index (χ0) is 9.68. The Hall–Kier alpha value is -0.510. The minimum Gasteiger partial charge on any atom is -0.465 e. The molecule has 0 radical (unpaired) electrons. The maximum Gasteiger partial charge on any atom is 0.326 e. The Morgan fingerprint density at radius 2 is 2.46 bits per heavy atom. The molecule has 1 fully saturated rings. The number of ketones is 1. The summed E-state index contributed by atoms with van der Waals surface area (Å²) in [4.78, 5) is 22.4. The van der Waals surface area contributed by atoms with E-state index in [0.29, 0.717) is 13.0 Å². The Kier molecular flexibility index (Phi) is 4.28. The van der Waals surface area contributed by atoms with E-state index in [9.17, 15) is 9.59 Å². The molecular weight excluding hydrogens is 188 g/mol. The lowest BCUT2D eigenvalue weighted by Crippen LogP contribution is -2.25. The number of rotatable bonds is 4. The average Bonchev–Trinajstić information content (AvgIpc) is 2.52. The van der Waals surface area contributed by atoms with Gasteiger partial charge in [-0.3, -0.25) is 9.59 Å². The summed E-state index contributed by atoms with van der Waals surface area (Å²) in [7, 11) is 0. The summed E-state index contributed by atoms with van der Waals surface area (Å²) >= 11 is 1.39. The van der Waals surface area contributed by atoms with Crippen LogP contribution >= 0.6 is 11.8 Å². The monoisotopic (exact) mass is 202 g/mol. The molecule has 1 heterocycles. The Labute approximate surface area is 82.2 Å². The highest BCUT2D eigenvalue weighted by atomic mass is 32.2. The fourth-order valence-corrected chi connectivity index (χ4v) is 2.16. The minimum atomic E-state index is -0.531. The van der Waals surface area contributed by atoms with E-state index >= 15 is 0 Å². The Balaban J connectivity index is 2.26. The zero-order valence-electron chi connectivity index (χ0n) is 7.75. The third-order valence-electron chi connectivity index (χ3n) is 1.88. The third kappa shape index (κ3) is 3.03. The summed E-state index contributed by atoms with van der Waals surface area (Å²) < 4.78 is 4.96. The molecule has 1 atom stereocenters. The standard InChI is InChI=1S/C9H14O3S/c1-2-3-5-12-9(11)8-7(10)4-6-13-8/h8H,2-6H2,1H3. The minimum absolute atomic E-state index is 0.0199. The summed E-state index contributed by atoms with van der Waals surface area (Å²) in [5.74, 6) is 0.430. The van der Waals surface area contributed by atoms with Crippen LogP contribution in [0, 0.1) is 0 Å². The Morgan fingerprint density at radius 1 is 1.69 bits per heavy atom. The lowest BCUT2D eigenvalue weighted by molar-refractivity contribution is -0.145. The van der Waals surface area contributed by atoms with E-state index in [0.717, 1.165) is 18.6 Å². The first kappa shape index (κ1) is 10.6. The molecule has 0 aromatic carbocycles. The summed E-state index contributed by atoms with van der Waals surface area (Å²) in [5, 5.41) is -0.531. The number of hydrogen-bond donors (Lipinski definition) is 0. The molecule has 1 unspecified atom stereocenters. The van der Waals surface area contributed by atoms with E-state index in [1.165, 1.54) is 11.8 Å². The quantitative estimate of drug-likeness (QED) is 0.393. The highest BCUT2D eigenvalue weighted by Crippen LogP contribution is 2.24. The maximum absolute atomic E-state index is 11.3. The van der Waals surface area contributed by atoms with Crippen molar-refractivity contribution in [2.75, 3.05) is 12.4 Å². The largest absolute Gasteiger partial charge is 0.465 e. The molecule has 13 heavy (non-hydrogen) atoms.